The monoisotopic (exact) mass is 366 g/mol. The Morgan fingerprint density at radius 1 is 0.818 bits per heavy atom. The summed E-state index contributed by atoms with van der Waals surface area (Å²) in [4.78, 5) is 58.2. The quantitative estimate of drug-likeness (QED) is 0.290. The van der Waals surface area contributed by atoms with E-state index in [0.29, 0.717) is 0 Å². The molecule has 0 amide bonds. The fourth-order valence-corrected chi connectivity index (χ4v) is 2.17. The first-order chi connectivity index (χ1) is 9.91. The largest absolute Gasteiger partial charge is 0.470 e. The second-order valence-corrected chi connectivity index (χ2v) is 5.92. The van der Waals surface area contributed by atoms with Crippen molar-refractivity contribution in [2.24, 2.45) is 0 Å². The van der Waals surface area contributed by atoms with E-state index in [4.69, 9.17) is 19.6 Å². The number of ether oxygens (including phenoxy) is 2. The van der Waals surface area contributed by atoms with Gasteiger partial charge in [0.05, 0.1) is 13.2 Å². The van der Waals surface area contributed by atoms with E-state index in [9.17, 15) is 18.7 Å². The van der Waals surface area contributed by atoms with Crippen LogP contribution < -0.4 is 0 Å². The lowest BCUT2D eigenvalue weighted by atomic mass is 10.2. The smallest absolute Gasteiger partial charge is 0.464 e. The lowest BCUT2D eigenvalue weighted by molar-refractivity contribution is -0.170. The minimum Gasteiger partial charge on any atom is -0.464 e. The Morgan fingerprint density at radius 2 is 1.09 bits per heavy atom. The number of phosphoric ester groups is 2. The summed E-state index contributed by atoms with van der Waals surface area (Å²) in [6, 6.07) is 0. The molecule has 0 fully saturated rings. The zero-order valence-electron chi connectivity index (χ0n) is 11.5. The van der Waals surface area contributed by atoms with Crippen LogP contribution in [0.25, 0.3) is 0 Å². The minimum atomic E-state index is -5.32. The molecule has 130 valence electrons. The average Bonchev–Trinajstić information content (AvgIpc) is 2.31. The number of carbonyl (C=O) groups excluding carboxylic acids is 2. The van der Waals surface area contributed by atoms with Crippen LogP contribution >= 0.6 is 15.6 Å². The molecule has 0 aromatic rings. The van der Waals surface area contributed by atoms with Gasteiger partial charge in [-0.05, 0) is 13.8 Å². The van der Waals surface area contributed by atoms with Crippen LogP contribution in [0.5, 0.6) is 0 Å². The predicted molar refractivity (Wildman–Crippen MR) is 67.1 cm³/mol. The van der Waals surface area contributed by atoms with Crippen molar-refractivity contribution in [3.8, 4) is 0 Å². The molecule has 22 heavy (non-hydrogen) atoms. The standard InChI is InChI=1S/C8H16O12P2/c1-3-17-7(9)5(19-21(11,12)13)6(8(10)18-4-2)20-22(14,15)16/h5-6H,3-4H2,1-2H3,(H2,11,12,13)(H2,14,15,16)/t5-,6-/m1/s1. The van der Waals surface area contributed by atoms with Crippen LogP contribution in [-0.2, 0) is 37.2 Å². The summed E-state index contributed by atoms with van der Waals surface area (Å²) < 4.78 is 38.7. The molecule has 0 aromatic heterocycles. The van der Waals surface area contributed by atoms with Crippen LogP contribution in [0, 0.1) is 0 Å². The SMILES string of the molecule is CCOC(=O)[C@H](OP(=O)(O)O)[C@@H](OP(=O)(O)O)C(=O)OCC. The van der Waals surface area contributed by atoms with Crippen LogP contribution in [0.4, 0.5) is 0 Å². The molecular formula is C8H16O12P2. The first-order valence-corrected chi connectivity index (χ1v) is 8.78. The van der Waals surface area contributed by atoms with E-state index in [1.165, 1.54) is 13.8 Å². The molecule has 2 atom stereocenters. The molecule has 4 N–H and O–H groups in total. The molecule has 14 heteroatoms. The van der Waals surface area contributed by atoms with Crippen molar-refractivity contribution in [3.63, 3.8) is 0 Å². The van der Waals surface area contributed by atoms with Crippen molar-refractivity contribution in [2.75, 3.05) is 13.2 Å². The Balaban J connectivity index is 5.59. The number of carbonyl (C=O) groups is 2. The summed E-state index contributed by atoms with van der Waals surface area (Å²) in [7, 11) is -10.6. The summed E-state index contributed by atoms with van der Waals surface area (Å²) in [5, 5.41) is 0. The van der Waals surface area contributed by atoms with Crippen molar-refractivity contribution in [1.82, 2.24) is 0 Å². The molecule has 0 heterocycles. The summed E-state index contributed by atoms with van der Waals surface area (Å²) >= 11 is 0. The number of hydrogen-bond donors (Lipinski definition) is 4. The van der Waals surface area contributed by atoms with Gasteiger partial charge >= 0.3 is 27.6 Å². The highest BCUT2D eigenvalue weighted by Crippen LogP contribution is 2.43. The van der Waals surface area contributed by atoms with E-state index >= 15 is 0 Å². The molecule has 0 rings (SSSR count). The van der Waals surface area contributed by atoms with Gasteiger partial charge in [0.15, 0.2) is 0 Å². The Labute approximate surface area is 124 Å². The third-order valence-electron chi connectivity index (χ3n) is 1.81. The third kappa shape index (κ3) is 8.57. The van der Waals surface area contributed by atoms with Crippen molar-refractivity contribution in [3.05, 3.63) is 0 Å². The number of phosphoric acid groups is 2. The first kappa shape index (κ1) is 21.2. The van der Waals surface area contributed by atoms with E-state index in [1.54, 1.807) is 0 Å². The maximum Gasteiger partial charge on any atom is 0.470 e. The van der Waals surface area contributed by atoms with Crippen molar-refractivity contribution in [2.45, 2.75) is 26.1 Å². The van der Waals surface area contributed by atoms with Crippen molar-refractivity contribution in [1.29, 1.82) is 0 Å². The van der Waals surface area contributed by atoms with Gasteiger partial charge in [0.2, 0.25) is 12.2 Å². The molecule has 0 radical (unpaired) electrons. The fourth-order valence-electron chi connectivity index (χ4n) is 1.19. The molecule has 0 spiro atoms. The summed E-state index contributed by atoms with van der Waals surface area (Å²) in [6.07, 6.45) is -4.88. The van der Waals surface area contributed by atoms with Crippen LogP contribution in [0.3, 0.4) is 0 Å². The molecule has 0 aliphatic carbocycles. The molecule has 0 aromatic carbocycles. The van der Waals surface area contributed by atoms with Crippen LogP contribution in [0.15, 0.2) is 0 Å². The molecule has 0 unspecified atom stereocenters. The van der Waals surface area contributed by atoms with Crippen LogP contribution in [0.2, 0.25) is 0 Å². The Bertz CT molecular complexity index is 434. The number of hydrogen-bond acceptors (Lipinski definition) is 8. The van der Waals surface area contributed by atoms with Gasteiger partial charge in [-0.2, -0.15) is 0 Å². The highest BCUT2D eigenvalue weighted by molar-refractivity contribution is 7.46. The summed E-state index contributed by atoms with van der Waals surface area (Å²) in [5.41, 5.74) is 0. The van der Waals surface area contributed by atoms with Gasteiger partial charge in [0.25, 0.3) is 0 Å². The van der Waals surface area contributed by atoms with Gasteiger partial charge in [-0.15, -0.1) is 0 Å². The molecule has 0 aliphatic heterocycles. The van der Waals surface area contributed by atoms with E-state index in [1.807, 2.05) is 0 Å². The Morgan fingerprint density at radius 3 is 1.27 bits per heavy atom. The van der Waals surface area contributed by atoms with E-state index in [-0.39, 0.29) is 13.2 Å². The summed E-state index contributed by atoms with van der Waals surface area (Å²) in [5.74, 6) is -2.95. The minimum absolute atomic E-state index is 0.259. The van der Waals surface area contributed by atoms with Crippen LogP contribution in [0.1, 0.15) is 13.8 Å². The van der Waals surface area contributed by atoms with Crippen molar-refractivity contribution < 1.29 is 56.8 Å². The van der Waals surface area contributed by atoms with Gasteiger partial charge in [0.1, 0.15) is 0 Å². The van der Waals surface area contributed by atoms with Gasteiger partial charge < -0.3 is 29.0 Å². The normalized spacial score (nSPS) is 15.0. The molecule has 12 nitrogen and oxygen atoms in total. The van der Waals surface area contributed by atoms with Crippen molar-refractivity contribution >= 4 is 27.6 Å². The van der Waals surface area contributed by atoms with E-state index in [2.05, 4.69) is 18.5 Å². The molecule has 0 saturated heterocycles. The number of rotatable bonds is 9. The number of esters is 2. The van der Waals surface area contributed by atoms with Crippen LogP contribution in [-0.4, -0.2) is 56.9 Å². The van der Waals surface area contributed by atoms with E-state index in [0.717, 1.165) is 0 Å². The van der Waals surface area contributed by atoms with Gasteiger partial charge in [0, 0.05) is 0 Å². The van der Waals surface area contributed by atoms with Gasteiger partial charge in [-0.1, -0.05) is 0 Å². The third-order valence-corrected chi connectivity index (χ3v) is 2.82. The van der Waals surface area contributed by atoms with Gasteiger partial charge in [-0.3, -0.25) is 9.05 Å². The lowest BCUT2D eigenvalue weighted by Gasteiger charge is -2.24. The Hall–Kier alpha value is -0.840. The molecule has 0 aliphatic rings. The maximum absolute atomic E-state index is 11.6. The first-order valence-electron chi connectivity index (χ1n) is 5.72. The highest BCUT2D eigenvalue weighted by Gasteiger charge is 2.45. The van der Waals surface area contributed by atoms with Gasteiger partial charge in [-0.25, -0.2) is 18.7 Å². The fraction of sp³-hybridized carbons (Fsp3) is 0.750. The second-order valence-electron chi connectivity index (χ2n) is 3.54. The zero-order chi connectivity index (χ0) is 17.6. The zero-order valence-corrected chi connectivity index (χ0v) is 13.3. The summed E-state index contributed by atoms with van der Waals surface area (Å²) in [6.45, 7) is 2.17. The second kappa shape index (κ2) is 8.70. The molecular weight excluding hydrogens is 350 g/mol. The van der Waals surface area contributed by atoms with E-state index < -0.39 is 39.8 Å². The molecule has 0 saturated carbocycles. The predicted octanol–water partition coefficient (Wildman–Crippen LogP) is -0.932. The highest BCUT2D eigenvalue weighted by atomic mass is 31.2. The topological polar surface area (TPSA) is 186 Å². The average molecular weight is 366 g/mol. The maximum atomic E-state index is 11.6. The lowest BCUT2D eigenvalue weighted by Crippen LogP contribution is -2.44. The Kier molecular flexibility index (Phi) is 8.37. The molecule has 0 bridgehead atoms.